The molecular formula is C18H16Cl2F3N3O4S. The largest absolute Gasteiger partial charge is 0.417 e. The van der Waals surface area contributed by atoms with Crippen LogP contribution in [0.15, 0.2) is 35.4 Å². The van der Waals surface area contributed by atoms with E-state index in [1.54, 1.807) is 0 Å². The maximum atomic E-state index is 12.8. The van der Waals surface area contributed by atoms with E-state index in [9.17, 15) is 26.4 Å². The van der Waals surface area contributed by atoms with Crippen molar-refractivity contribution in [1.82, 2.24) is 14.6 Å². The molecule has 0 radical (unpaired) electrons. The van der Waals surface area contributed by atoms with Crippen LogP contribution < -0.4 is 4.72 Å². The Kier molecular flexibility index (Phi) is 7.11. The Hall–Kier alpha value is -1.92. The standard InChI is InChI=1S/C18H16Cl2F3N3O4S/c19-13-2-1-11(17-14(20)8-12(9-24-17)18(21,22)23)7-15(13)31(28,29)25-10-16(27)26-3-5-30-6-4-26/h1-2,7-9,25H,3-6,10H2. The number of carbonyl (C=O) groups excluding carboxylic acids is 1. The van der Waals surface area contributed by atoms with E-state index in [1.807, 2.05) is 0 Å². The van der Waals surface area contributed by atoms with Gasteiger partial charge in [0, 0.05) is 24.8 Å². The summed E-state index contributed by atoms with van der Waals surface area (Å²) >= 11 is 12.0. The second-order valence-corrected chi connectivity index (χ2v) is 9.06. The number of alkyl halides is 3. The van der Waals surface area contributed by atoms with Gasteiger partial charge in [-0.05, 0) is 18.2 Å². The lowest BCUT2D eigenvalue weighted by Crippen LogP contribution is -2.45. The number of carbonyl (C=O) groups is 1. The molecule has 7 nitrogen and oxygen atoms in total. The maximum Gasteiger partial charge on any atom is 0.417 e. The minimum Gasteiger partial charge on any atom is -0.378 e. The molecule has 31 heavy (non-hydrogen) atoms. The molecule has 2 heterocycles. The summed E-state index contributed by atoms with van der Waals surface area (Å²) in [5, 5.41) is -0.450. The lowest BCUT2D eigenvalue weighted by Gasteiger charge is -2.26. The van der Waals surface area contributed by atoms with Gasteiger partial charge in [0.15, 0.2) is 0 Å². The van der Waals surface area contributed by atoms with Crippen LogP contribution in [0.1, 0.15) is 5.56 Å². The number of morpholine rings is 1. The molecule has 1 amide bonds. The van der Waals surface area contributed by atoms with Gasteiger partial charge in [0.2, 0.25) is 15.9 Å². The van der Waals surface area contributed by atoms with Crippen LogP contribution in [0.3, 0.4) is 0 Å². The van der Waals surface area contributed by atoms with Crippen molar-refractivity contribution in [2.45, 2.75) is 11.1 Å². The number of hydrogen-bond donors (Lipinski definition) is 1. The summed E-state index contributed by atoms with van der Waals surface area (Å²) in [7, 11) is -4.21. The highest BCUT2D eigenvalue weighted by atomic mass is 35.5. The Morgan fingerprint density at radius 3 is 2.45 bits per heavy atom. The SMILES string of the molecule is O=C(CNS(=O)(=O)c1cc(-c2ncc(C(F)(F)F)cc2Cl)ccc1Cl)N1CCOCC1. The van der Waals surface area contributed by atoms with Crippen molar-refractivity contribution in [3.05, 3.63) is 46.1 Å². The van der Waals surface area contributed by atoms with Gasteiger partial charge in [0.1, 0.15) is 4.90 Å². The lowest BCUT2D eigenvalue weighted by atomic mass is 10.1. The molecule has 1 saturated heterocycles. The van der Waals surface area contributed by atoms with E-state index in [4.69, 9.17) is 27.9 Å². The lowest BCUT2D eigenvalue weighted by molar-refractivity contribution is -0.137. The van der Waals surface area contributed by atoms with Crippen LogP contribution in [-0.4, -0.2) is 57.1 Å². The van der Waals surface area contributed by atoms with E-state index in [0.717, 1.165) is 6.07 Å². The molecule has 3 rings (SSSR count). The first-order chi connectivity index (χ1) is 14.5. The average Bonchev–Trinajstić information content (AvgIpc) is 2.72. The number of pyridine rings is 1. The Bertz CT molecular complexity index is 1090. The molecule has 1 N–H and O–H groups in total. The summed E-state index contributed by atoms with van der Waals surface area (Å²) in [6, 6.07) is 4.46. The van der Waals surface area contributed by atoms with Gasteiger partial charge in [-0.2, -0.15) is 13.2 Å². The topological polar surface area (TPSA) is 88.6 Å². The summed E-state index contributed by atoms with van der Waals surface area (Å²) in [5.41, 5.74) is -0.943. The quantitative estimate of drug-likeness (QED) is 0.684. The molecule has 1 aromatic carbocycles. The van der Waals surface area contributed by atoms with Gasteiger partial charge in [0.25, 0.3) is 0 Å². The maximum absolute atomic E-state index is 12.8. The zero-order chi connectivity index (χ0) is 22.8. The zero-order valence-corrected chi connectivity index (χ0v) is 18.1. The van der Waals surface area contributed by atoms with E-state index >= 15 is 0 Å². The average molecular weight is 498 g/mol. The van der Waals surface area contributed by atoms with E-state index in [1.165, 1.54) is 17.0 Å². The number of nitrogens with zero attached hydrogens (tertiary/aromatic N) is 2. The van der Waals surface area contributed by atoms with Crippen LogP contribution in [0.5, 0.6) is 0 Å². The third kappa shape index (κ3) is 5.66. The first-order valence-electron chi connectivity index (χ1n) is 8.87. The molecule has 2 aromatic rings. The molecule has 0 spiro atoms. The van der Waals surface area contributed by atoms with Crippen LogP contribution in [0.25, 0.3) is 11.3 Å². The number of benzene rings is 1. The molecule has 0 bridgehead atoms. The summed E-state index contributed by atoms with van der Waals surface area (Å²) in [6.45, 7) is 0.965. The highest BCUT2D eigenvalue weighted by molar-refractivity contribution is 7.89. The van der Waals surface area contributed by atoms with Crippen molar-refractivity contribution in [3.63, 3.8) is 0 Å². The smallest absolute Gasteiger partial charge is 0.378 e. The molecule has 0 atom stereocenters. The monoisotopic (exact) mass is 497 g/mol. The number of rotatable bonds is 5. The number of nitrogens with one attached hydrogen (secondary N) is 1. The predicted octanol–water partition coefficient (Wildman–Crippen LogP) is 3.21. The fourth-order valence-electron chi connectivity index (χ4n) is 2.82. The number of hydrogen-bond acceptors (Lipinski definition) is 5. The minimum absolute atomic E-state index is 0.0489. The first kappa shape index (κ1) is 23.7. The Balaban J connectivity index is 1.84. The van der Waals surface area contributed by atoms with Gasteiger partial charge in [-0.3, -0.25) is 9.78 Å². The summed E-state index contributed by atoms with van der Waals surface area (Å²) in [5.74, 6) is -0.424. The van der Waals surface area contributed by atoms with E-state index in [-0.39, 0.29) is 26.2 Å². The molecule has 0 aliphatic carbocycles. The third-order valence-corrected chi connectivity index (χ3v) is 6.61. The molecule has 1 aliphatic heterocycles. The van der Waals surface area contributed by atoms with Crippen molar-refractivity contribution < 1.29 is 31.1 Å². The van der Waals surface area contributed by atoms with Crippen LogP contribution in [0, 0.1) is 0 Å². The minimum atomic E-state index is -4.62. The zero-order valence-electron chi connectivity index (χ0n) is 15.7. The van der Waals surface area contributed by atoms with Gasteiger partial charge in [-0.1, -0.05) is 29.3 Å². The van der Waals surface area contributed by atoms with Crippen LogP contribution >= 0.6 is 23.2 Å². The van der Waals surface area contributed by atoms with Crippen molar-refractivity contribution >= 4 is 39.1 Å². The Morgan fingerprint density at radius 1 is 1.16 bits per heavy atom. The first-order valence-corrected chi connectivity index (χ1v) is 11.1. The van der Waals surface area contributed by atoms with E-state index in [0.29, 0.717) is 38.6 Å². The van der Waals surface area contributed by atoms with Crippen molar-refractivity contribution in [1.29, 1.82) is 0 Å². The van der Waals surface area contributed by atoms with Crippen LogP contribution in [-0.2, 0) is 25.7 Å². The third-order valence-electron chi connectivity index (χ3n) is 4.44. The molecule has 13 heteroatoms. The predicted molar refractivity (Wildman–Crippen MR) is 107 cm³/mol. The highest BCUT2D eigenvalue weighted by Gasteiger charge is 2.32. The van der Waals surface area contributed by atoms with Gasteiger partial charge in [-0.15, -0.1) is 0 Å². The van der Waals surface area contributed by atoms with Crippen molar-refractivity contribution in [3.8, 4) is 11.3 Å². The fourth-order valence-corrected chi connectivity index (χ4v) is 4.59. The van der Waals surface area contributed by atoms with Crippen molar-refractivity contribution in [2.75, 3.05) is 32.8 Å². The number of sulfonamides is 1. The number of ether oxygens (including phenoxy) is 1. The number of amides is 1. The fraction of sp³-hybridized carbons (Fsp3) is 0.333. The second kappa shape index (κ2) is 9.29. The highest BCUT2D eigenvalue weighted by Crippen LogP contribution is 2.35. The summed E-state index contributed by atoms with van der Waals surface area (Å²) in [4.78, 5) is 17.0. The second-order valence-electron chi connectivity index (χ2n) is 6.52. The molecule has 168 valence electrons. The number of halogens is 5. The summed E-state index contributed by atoms with van der Waals surface area (Å²) in [6.07, 6.45) is -4.02. The van der Waals surface area contributed by atoms with Gasteiger partial charge >= 0.3 is 6.18 Å². The molecule has 1 fully saturated rings. The van der Waals surface area contributed by atoms with E-state index < -0.39 is 34.2 Å². The number of aromatic nitrogens is 1. The molecule has 1 aliphatic rings. The normalized spacial score (nSPS) is 15.2. The molecule has 1 aromatic heterocycles. The molecule has 0 unspecified atom stereocenters. The molecular weight excluding hydrogens is 482 g/mol. The van der Waals surface area contributed by atoms with Crippen LogP contribution in [0.4, 0.5) is 13.2 Å². The van der Waals surface area contributed by atoms with Gasteiger partial charge < -0.3 is 9.64 Å². The van der Waals surface area contributed by atoms with Crippen LogP contribution in [0.2, 0.25) is 10.0 Å². The Morgan fingerprint density at radius 2 is 1.84 bits per heavy atom. The Labute approximate surface area is 186 Å². The van der Waals surface area contributed by atoms with E-state index in [2.05, 4.69) is 9.71 Å². The van der Waals surface area contributed by atoms with Crippen molar-refractivity contribution in [2.24, 2.45) is 0 Å². The summed E-state index contributed by atoms with van der Waals surface area (Å²) < 4.78 is 71.2. The molecule has 0 saturated carbocycles. The van der Waals surface area contributed by atoms with Gasteiger partial charge in [0.05, 0.1) is 41.1 Å². The van der Waals surface area contributed by atoms with Gasteiger partial charge in [-0.25, -0.2) is 13.1 Å².